The van der Waals surface area contributed by atoms with Gasteiger partial charge in [0.15, 0.2) is 0 Å². The van der Waals surface area contributed by atoms with E-state index >= 15 is 0 Å². The van der Waals surface area contributed by atoms with Crippen molar-refractivity contribution in [2.24, 2.45) is 5.92 Å². The SMILES string of the molecule is C#CCC(NC(=O)OCC1c2ccccc2-c2ccccc21)C(=O)N1CC(C(=O)O)C(F)(F)C1. The Bertz CT molecular complexity index is 1130. The van der Waals surface area contributed by atoms with Gasteiger partial charge < -0.3 is 20.1 Å². The molecule has 0 aromatic heterocycles. The number of nitrogens with one attached hydrogen (secondary N) is 1. The van der Waals surface area contributed by atoms with Crippen molar-refractivity contribution in [2.75, 3.05) is 19.7 Å². The van der Waals surface area contributed by atoms with Crippen LogP contribution in [0.2, 0.25) is 0 Å². The number of nitrogens with zero attached hydrogens (tertiary/aromatic N) is 1. The number of halogens is 2. The summed E-state index contributed by atoms with van der Waals surface area (Å²) in [5, 5.41) is 11.4. The number of carbonyl (C=O) groups excluding carboxylic acids is 2. The summed E-state index contributed by atoms with van der Waals surface area (Å²) in [4.78, 5) is 37.1. The number of aliphatic carboxylic acids is 1. The summed E-state index contributed by atoms with van der Waals surface area (Å²) in [6, 6.07) is 14.2. The van der Waals surface area contributed by atoms with E-state index in [2.05, 4.69) is 11.2 Å². The van der Waals surface area contributed by atoms with Gasteiger partial charge in [0.1, 0.15) is 18.6 Å². The molecule has 0 spiro atoms. The van der Waals surface area contributed by atoms with Gasteiger partial charge >= 0.3 is 12.1 Å². The van der Waals surface area contributed by atoms with Gasteiger partial charge in [-0.1, -0.05) is 48.5 Å². The Kier molecular flexibility index (Phi) is 6.24. The Morgan fingerprint density at radius 1 is 1.15 bits per heavy atom. The molecule has 2 unspecified atom stereocenters. The van der Waals surface area contributed by atoms with Crippen LogP contribution < -0.4 is 5.32 Å². The van der Waals surface area contributed by atoms with Crippen LogP contribution in [-0.2, 0) is 14.3 Å². The van der Waals surface area contributed by atoms with Crippen LogP contribution in [-0.4, -0.2) is 59.6 Å². The fourth-order valence-electron chi connectivity index (χ4n) is 4.53. The molecule has 2 aliphatic rings. The quantitative estimate of drug-likeness (QED) is 0.636. The highest BCUT2D eigenvalue weighted by Gasteiger charge is 2.54. The Balaban J connectivity index is 1.42. The van der Waals surface area contributed by atoms with E-state index in [0.29, 0.717) is 4.90 Å². The summed E-state index contributed by atoms with van der Waals surface area (Å²) in [5.41, 5.74) is 4.12. The summed E-state index contributed by atoms with van der Waals surface area (Å²) in [6.07, 6.45) is 4.11. The molecular formula is C25H22F2N2O5. The van der Waals surface area contributed by atoms with Crippen LogP contribution in [0.3, 0.4) is 0 Å². The van der Waals surface area contributed by atoms with Gasteiger partial charge in [-0.15, -0.1) is 12.3 Å². The number of amides is 2. The molecule has 2 atom stereocenters. The topological polar surface area (TPSA) is 95.9 Å². The number of alkyl halides is 2. The van der Waals surface area contributed by atoms with Gasteiger partial charge in [0.05, 0.1) is 6.54 Å². The summed E-state index contributed by atoms with van der Waals surface area (Å²) in [7, 11) is 0. The van der Waals surface area contributed by atoms with Crippen molar-refractivity contribution >= 4 is 18.0 Å². The molecule has 2 amide bonds. The molecule has 7 nitrogen and oxygen atoms in total. The number of rotatable bonds is 6. The Morgan fingerprint density at radius 2 is 1.74 bits per heavy atom. The Morgan fingerprint density at radius 3 is 2.26 bits per heavy atom. The van der Waals surface area contributed by atoms with Crippen molar-refractivity contribution in [1.82, 2.24) is 10.2 Å². The minimum absolute atomic E-state index is 0.000300. The zero-order valence-electron chi connectivity index (χ0n) is 18.0. The summed E-state index contributed by atoms with van der Waals surface area (Å²) in [5.74, 6) is -6.14. The lowest BCUT2D eigenvalue weighted by molar-refractivity contribution is -0.151. The van der Waals surface area contributed by atoms with Gasteiger partial charge in [0.25, 0.3) is 5.92 Å². The third-order valence-corrected chi connectivity index (χ3v) is 6.18. The predicted molar refractivity (Wildman–Crippen MR) is 118 cm³/mol. The second-order valence-electron chi connectivity index (χ2n) is 8.30. The maximum atomic E-state index is 14.0. The van der Waals surface area contributed by atoms with E-state index in [1.54, 1.807) is 0 Å². The van der Waals surface area contributed by atoms with Crippen LogP contribution >= 0.6 is 0 Å². The first-order valence-electron chi connectivity index (χ1n) is 10.7. The zero-order valence-corrected chi connectivity index (χ0v) is 18.0. The third-order valence-electron chi connectivity index (χ3n) is 6.18. The van der Waals surface area contributed by atoms with Gasteiger partial charge in [0.2, 0.25) is 5.91 Å². The minimum Gasteiger partial charge on any atom is -0.481 e. The normalized spacial score (nSPS) is 19.0. The number of carboxylic acids is 1. The fraction of sp³-hybridized carbons (Fsp3) is 0.320. The molecule has 176 valence electrons. The van der Waals surface area contributed by atoms with E-state index < -0.39 is 48.9 Å². The number of carbonyl (C=O) groups is 3. The van der Waals surface area contributed by atoms with Gasteiger partial charge in [0, 0.05) is 18.9 Å². The van der Waals surface area contributed by atoms with Gasteiger partial charge in [-0.05, 0) is 22.3 Å². The number of fused-ring (bicyclic) bond motifs is 3. The highest BCUT2D eigenvalue weighted by atomic mass is 19.3. The van der Waals surface area contributed by atoms with Crippen molar-refractivity contribution in [3.8, 4) is 23.5 Å². The highest BCUT2D eigenvalue weighted by molar-refractivity contribution is 5.87. The van der Waals surface area contributed by atoms with Gasteiger partial charge in [-0.2, -0.15) is 0 Å². The van der Waals surface area contributed by atoms with Crippen LogP contribution in [0.1, 0.15) is 23.5 Å². The monoisotopic (exact) mass is 468 g/mol. The lowest BCUT2D eigenvalue weighted by Gasteiger charge is -2.23. The second kappa shape index (κ2) is 9.14. The summed E-state index contributed by atoms with van der Waals surface area (Å²) >= 11 is 0. The van der Waals surface area contributed by atoms with Crippen LogP contribution in [0.4, 0.5) is 13.6 Å². The molecule has 1 heterocycles. The van der Waals surface area contributed by atoms with Crippen molar-refractivity contribution in [3.63, 3.8) is 0 Å². The largest absolute Gasteiger partial charge is 0.481 e. The molecule has 34 heavy (non-hydrogen) atoms. The molecule has 0 bridgehead atoms. The van der Waals surface area contributed by atoms with E-state index in [1.807, 2.05) is 48.5 Å². The van der Waals surface area contributed by atoms with Gasteiger partial charge in [-0.25, -0.2) is 13.6 Å². The first-order valence-corrected chi connectivity index (χ1v) is 10.7. The number of hydrogen-bond acceptors (Lipinski definition) is 4. The van der Waals surface area contributed by atoms with E-state index in [0.717, 1.165) is 22.3 Å². The number of likely N-dealkylation sites (tertiary alicyclic amines) is 1. The molecule has 4 rings (SSSR count). The number of benzene rings is 2. The van der Waals surface area contributed by atoms with E-state index in [4.69, 9.17) is 16.3 Å². The highest BCUT2D eigenvalue weighted by Crippen LogP contribution is 2.44. The summed E-state index contributed by atoms with van der Waals surface area (Å²) < 4.78 is 33.4. The standard InChI is InChI=1S/C25H22F2N2O5/c1-2-7-21(22(30)29-12-20(23(31)32)25(26,27)14-29)28-24(33)34-13-19-17-10-5-3-8-15(17)16-9-4-6-11-18(16)19/h1,3-6,8-11,19-21H,7,12-14H2,(H,28,33)(H,31,32). The van der Waals surface area contributed by atoms with E-state index in [9.17, 15) is 23.2 Å². The first kappa shape index (κ1) is 23.2. The van der Waals surface area contributed by atoms with E-state index in [-0.39, 0.29) is 18.9 Å². The lowest BCUT2D eigenvalue weighted by Crippen LogP contribution is -2.48. The zero-order chi connectivity index (χ0) is 24.5. The smallest absolute Gasteiger partial charge is 0.407 e. The number of carboxylic acid groups (broad SMARTS) is 1. The Labute approximate surface area is 194 Å². The average Bonchev–Trinajstić information content (AvgIpc) is 3.31. The van der Waals surface area contributed by atoms with Crippen molar-refractivity contribution in [2.45, 2.75) is 24.3 Å². The molecule has 1 aliphatic heterocycles. The van der Waals surface area contributed by atoms with Gasteiger partial charge in [-0.3, -0.25) is 9.59 Å². The maximum absolute atomic E-state index is 14.0. The molecule has 1 aliphatic carbocycles. The molecule has 2 aromatic carbocycles. The molecule has 0 radical (unpaired) electrons. The molecule has 1 saturated heterocycles. The molecule has 0 saturated carbocycles. The average molecular weight is 468 g/mol. The molecular weight excluding hydrogens is 446 g/mol. The summed E-state index contributed by atoms with van der Waals surface area (Å²) in [6.45, 7) is -1.73. The molecule has 2 aromatic rings. The Hall–Kier alpha value is -3.93. The van der Waals surface area contributed by atoms with Crippen LogP contribution in [0.15, 0.2) is 48.5 Å². The van der Waals surface area contributed by atoms with Crippen LogP contribution in [0.25, 0.3) is 11.1 Å². The van der Waals surface area contributed by atoms with Crippen LogP contribution in [0, 0.1) is 18.3 Å². The van der Waals surface area contributed by atoms with Crippen molar-refractivity contribution in [1.29, 1.82) is 0 Å². The van der Waals surface area contributed by atoms with Crippen molar-refractivity contribution < 1.29 is 33.0 Å². The maximum Gasteiger partial charge on any atom is 0.407 e. The molecule has 2 N–H and O–H groups in total. The minimum atomic E-state index is -3.58. The number of alkyl carbamates (subject to hydrolysis) is 1. The molecule has 9 heteroatoms. The lowest BCUT2D eigenvalue weighted by atomic mass is 9.98. The molecule has 1 fully saturated rings. The number of ether oxygens (including phenoxy) is 1. The number of terminal acetylenes is 1. The van der Waals surface area contributed by atoms with E-state index in [1.165, 1.54) is 0 Å². The number of hydrogen-bond donors (Lipinski definition) is 2. The predicted octanol–water partition coefficient (Wildman–Crippen LogP) is 3.10. The second-order valence-corrected chi connectivity index (χ2v) is 8.30. The van der Waals surface area contributed by atoms with Crippen molar-refractivity contribution in [3.05, 3.63) is 59.7 Å². The first-order chi connectivity index (χ1) is 16.2. The van der Waals surface area contributed by atoms with Crippen LogP contribution in [0.5, 0.6) is 0 Å². The third kappa shape index (κ3) is 4.31. The fourth-order valence-corrected chi connectivity index (χ4v) is 4.53.